The van der Waals surface area contributed by atoms with Crippen molar-refractivity contribution in [3.05, 3.63) is 36.2 Å². The van der Waals surface area contributed by atoms with Crippen LogP contribution in [0, 0.1) is 6.42 Å². The van der Waals surface area contributed by atoms with E-state index in [1.165, 1.54) is 0 Å². The van der Waals surface area contributed by atoms with E-state index in [0.717, 1.165) is 0 Å². The van der Waals surface area contributed by atoms with Crippen LogP contribution >= 0.6 is 0 Å². The average Bonchev–Trinajstić information content (AvgIpc) is 2.04. The van der Waals surface area contributed by atoms with Crippen LogP contribution in [0.5, 0.6) is 5.75 Å². The first-order valence-electron chi connectivity index (χ1n) is 3.19. The third kappa shape index (κ3) is 1.05. The quantitative estimate of drug-likeness (QED) is 0.581. The summed E-state index contributed by atoms with van der Waals surface area (Å²) in [7, 11) is 0. The second-order valence-corrected chi connectivity index (χ2v) is 2.15. The van der Waals surface area contributed by atoms with E-state index >= 15 is 0 Å². The molecule has 1 amide bonds. The highest BCUT2D eigenvalue weighted by Gasteiger charge is 2.15. The lowest BCUT2D eigenvalue weighted by molar-refractivity contribution is -0.124. The Morgan fingerprint density at radius 3 is 3.09 bits per heavy atom. The van der Waals surface area contributed by atoms with E-state index in [9.17, 15) is 4.79 Å². The SMILES string of the molecule is O=C1[C]c2ccccc2ON1. The van der Waals surface area contributed by atoms with Crippen molar-refractivity contribution in [3.63, 3.8) is 0 Å². The summed E-state index contributed by atoms with van der Waals surface area (Å²) in [6.07, 6.45) is 2.58. The molecule has 3 nitrogen and oxygen atoms in total. The Balaban J connectivity index is 2.41. The maximum atomic E-state index is 10.7. The monoisotopic (exact) mass is 147 g/mol. The van der Waals surface area contributed by atoms with Crippen LogP contribution in [-0.2, 0) is 4.79 Å². The van der Waals surface area contributed by atoms with Gasteiger partial charge >= 0.3 is 0 Å². The molecular weight excluding hydrogens is 142 g/mol. The summed E-state index contributed by atoms with van der Waals surface area (Å²) in [5.41, 5.74) is 2.88. The maximum Gasteiger partial charge on any atom is 0.266 e. The average molecular weight is 147 g/mol. The highest BCUT2D eigenvalue weighted by molar-refractivity contribution is 5.89. The Morgan fingerprint density at radius 2 is 2.18 bits per heavy atom. The van der Waals surface area contributed by atoms with Crippen molar-refractivity contribution in [3.8, 4) is 5.75 Å². The third-order valence-corrected chi connectivity index (χ3v) is 1.39. The molecule has 0 fully saturated rings. The molecule has 1 aliphatic rings. The third-order valence-electron chi connectivity index (χ3n) is 1.39. The molecule has 1 aliphatic heterocycles. The van der Waals surface area contributed by atoms with Crippen LogP contribution in [0.2, 0.25) is 0 Å². The number of benzene rings is 1. The fourth-order valence-corrected chi connectivity index (χ4v) is 0.908. The van der Waals surface area contributed by atoms with E-state index < -0.39 is 0 Å². The number of para-hydroxylation sites is 1. The van der Waals surface area contributed by atoms with Crippen molar-refractivity contribution >= 4 is 5.91 Å². The van der Waals surface area contributed by atoms with E-state index in [0.29, 0.717) is 11.3 Å². The Labute approximate surface area is 63.9 Å². The molecule has 2 radical (unpaired) electrons. The van der Waals surface area contributed by atoms with E-state index in [-0.39, 0.29) is 5.91 Å². The van der Waals surface area contributed by atoms with Gasteiger partial charge in [-0.3, -0.25) is 4.79 Å². The number of fused-ring (bicyclic) bond motifs is 1. The molecule has 0 unspecified atom stereocenters. The Bertz CT molecular complexity index is 296. The lowest BCUT2D eigenvalue weighted by Crippen LogP contribution is -2.31. The van der Waals surface area contributed by atoms with Crippen molar-refractivity contribution in [2.24, 2.45) is 0 Å². The lowest BCUT2D eigenvalue weighted by Gasteiger charge is -2.14. The minimum absolute atomic E-state index is 0.344. The van der Waals surface area contributed by atoms with Gasteiger partial charge in [0.05, 0.1) is 0 Å². The van der Waals surface area contributed by atoms with Gasteiger partial charge in [-0.2, -0.15) is 5.48 Å². The number of rotatable bonds is 0. The number of amides is 1. The van der Waals surface area contributed by atoms with Crippen molar-refractivity contribution < 1.29 is 9.63 Å². The van der Waals surface area contributed by atoms with Gasteiger partial charge in [0.15, 0.2) is 5.75 Å². The van der Waals surface area contributed by atoms with Crippen LogP contribution in [0.4, 0.5) is 0 Å². The van der Waals surface area contributed by atoms with Gasteiger partial charge in [-0.05, 0) is 6.07 Å². The fourth-order valence-electron chi connectivity index (χ4n) is 0.908. The van der Waals surface area contributed by atoms with Gasteiger partial charge in [0.25, 0.3) is 5.91 Å². The highest BCUT2D eigenvalue weighted by atomic mass is 16.7. The van der Waals surface area contributed by atoms with Gasteiger partial charge in [0, 0.05) is 5.56 Å². The van der Waals surface area contributed by atoms with Crippen LogP contribution < -0.4 is 10.3 Å². The van der Waals surface area contributed by atoms with E-state index in [4.69, 9.17) is 4.84 Å². The van der Waals surface area contributed by atoms with Crippen molar-refractivity contribution in [1.82, 2.24) is 5.48 Å². The lowest BCUT2D eigenvalue weighted by atomic mass is 10.1. The zero-order valence-electron chi connectivity index (χ0n) is 5.63. The smallest absolute Gasteiger partial charge is 0.266 e. The second-order valence-electron chi connectivity index (χ2n) is 2.15. The number of hydrogen-bond donors (Lipinski definition) is 1. The van der Waals surface area contributed by atoms with Crippen LogP contribution in [0.1, 0.15) is 5.56 Å². The predicted octanol–water partition coefficient (Wildman–Crippen LogP) is 0.540. The van der Waals surface area contributed by atoms with Crippen LogP contribution in [0.25, 0.3) is 0 Å². The number of carbonyl (C=O) groups excluding carboxylic acids is 1. The van der Waals surface area contributed by atoms with Gasteiger partial charge in [0.1, 0.15) is 6.42 Å². The molecule has 1 heterocycles. The van der Waals surface area contributed by atoms with Crippen molar-refractivity contribution in [2.75, 3.05) is 0 Å². The summed E-state index contributed by atoms with van der Waals surface area (Å²) in [5, 5.41) is 0. The second kappa shape index (κ2) is 2.27. The Morgan fingerprint density at radius 1 is 1.36 bits per heavy atom. The molecule has 1 N–H and O–H groups in total. The maximum absolute atomic E-state index is 10.7. The molecule has 1 aromatic carbocycles. The van der Waals surface area contributed by atoms with Gasteiger partial charge in [-0.15, -0.1) is 0 Å². The molecule has 0 spiro atoms. The normalized spacial score (nSPS) is 14.7. The van der Waals surface area contributed by atoms with Gasteiger partial charge in [-0.1, -0.05) is 18.2 Å². The molecule has 54 valence electrons. The first-order chi connectivity index (χ1) is 5.36. The van der Waals surface area contributed by atoms with Crippen LogP contribution in [0.15, 0.2) is 24.3 Å². The van der Waals surface area contributed by atoms with Crippen molar-refractivity contribution in [1.29, 1.82) is 0 Å². The van der Waals surface area contributed by atoms with E-state index in [1.807, 2.05) is 12.1 Å². The molecular formula is C8H5NO2. The first-order valence-corrected chi connectivity index (χ1v) is 3.19. The van der Waals surface area contributed by atoms with Crippen molar-refractivity contribution in [2.45, 2.75) is 0 Å². The molecule has 0 saturated carbocycles. The summed E-state index contributed by atoms with van der Waals surface area (Å²) < 4.78 is 0. The fraction of sp³-hybridized carbons (Fsp3) is 0. The topological polar surface area (TPSA) is 38.3 Å². The number of hydrogen-bond acceptors (Lipinski definition) is 2. The largest absolute Gasteiger partial charge is 0.379 e. The predicted molar refractivity (Wildman–Crippen MR) is 37.6 cm³/mol. The summed E-state index contributed by atoms with van der Waals surface area (Å²) in [4.78, 5) is 15.6. The molecule has 0 aromatic heterocycles. The molecule has 3 heteroatoms. The zero-order chi connectivity index (χ0) is 7.68. The van der Waals surface area contributed by atoms with E-state index in [1.54, 1.807) is 12.1 Å². The number of carbonyl (C=O) groups is 1. The van der Waals surface area contributed by atoms with Crippen LogP contribution in [-0.4, -0.2) is 5.91 Å². The first kappa shape index (κ1) is 6.22. The number of nitrogens with one attached hydrogen (secondary N) is 1. The minimum atomic E-state index is -0.344. The molecule has 2 rings (SSSR count). The van der Waals surface area contributed by atoms with Gasteiger partial charge in [-0.25, -0.2) is 0 Å². The van der Waals surface area contributed by atoms with Crippen LogP contribution in [0.3, 0.4) is 0 Å². The molecule has 0 aliphatic carbocycles. The number of hydroxylamine groups is 1. The highest BCUT2D eigenvalue weighted by Crippen LogP contribution is 2.21. The molecule has 11 heavy (non-hydrogen) atoms. The summed E-state index contributed by atoms with van der Waals surface area (Å²) >= 11 is 0. The summed E-state index contributed by atoms with van der Waals surface area (Å²) in [6, 6.07) is 7.20. The molecule has 1 aromatic rings. The summed E-state index contributed by atoms with van der Waals surface area (Å²) in [5.74, 6) is 0.288. The Hall–Kier alpha value is -1.51. The molecule has 0 atom stereocenters. The molecule has 0 bridgehead atoms. The standard InChI is InChI=1S/C8H5NO2/c10-8-5-6-3-1-2-4-7(6)11-9-8/h1-4H,(H,9,10). The molecule has 0 saturated heterocycles. The zero-order valence-corrected chi connectivity index (χ0v) is 5.63. The minimum Gasteiger partial charge on any atom is -0.379 e. The summed E-state index contributed by atoms with van der Waals surface area (Å²) in [6.45, 7) is 0. The van der Waals surface area contributed by atoms with Gasteiger partial charge < -0.3 is 4.84 Å². The van der Waals surface area contributed by atoms with E-state index in [2.05, 4.69) is 11.9 Å². The van der Waals surface area contributed by atoms with Gasteiger partial charge in [0.2, 0.25) is 0 Å². The Kier molecular flexibility index (Phi) is 1.28.